The minimum absolute atomic E-state index is 0.525. The van der Waals surface area contributed by atoms with Crippen molar-refractivity contribution in [2.45, 2.75) is 6.92 Å². The first-order chi connectivity index (χ1) is 9.31. The molecule has 0 saturated carbocycles. The molecule has 0 atom stereocenters. The second-order valence-corrected chi connectivity index (χ2v) is 4.24. The van der Waals surface area contributed by atoms with Crippen molar-refractivity contribution in [2.75, 3.05) is 7.11 Å². The van der Waals surface area contributed by atoms with Crippen LogP contribution in [0.1, 0.15) is 5.56 Å². The van der Waals surface area contributed by atoms with Gasteiger partial charge in [0.15, 0.2) is 0 Å². The van der Waals surface area contributed by atoms with E-state index in [4.69, 9.17) is 4.74 Å². The van der Waals surface area contributed by atoms with Crippen LogP contribution in [0, 0.1) is 6.92 Å². The Morgan fingerprint density at radius 2 is 1.79 bits per heavy atom. The maximum Gasteiger partial charge on any atom is 0.240 e. The first kappa shape index (κ1) is 11.6. The van der Waals surface area contributed by atoms with Crippen molar-refractivity contribution >= 4 is 10.9 Å². The van der Waals surface area contributed by atoms with Crippen LogP contribution in [0.3, 0.4) is 0 Å². The molecule has 4 heteroatoms. The molecule has 0 amide bonds. The monoisotopic (exact) mass is 251 g/mol. The summed E-state index contributed by atoms with van der Waals surface area (Å²) in [6.45, 7) is 2.05. The maximum absolute atomic E-state index is 5.28. The molecule has 0 bridgehead atoms. The standard InChI is InChI=1S/C15H13N3O/c1-10-5-6-12(11-4-3-7-16-13(10)11)14-15(19-2)18-9-8-17-14/h3-9H,1-2H3. The first-order valence-electron chi connectivity index (χ1n) is 6.01. The maximum atomic E-state index is 5.28. The zero-order chi connectivity index (χ0) is 13.2. The molecular formula is C15H13N3O. The number of hydrogen-bond acceptors (Lipinski definition) is 4. The van der Waals surface area contributed by atoms with Crippen LogP contribution in [-0.4, -0.2) is 22.1 Å². The van der Waals surface area contributed by atoms with Crippen LogP contribution < -0.4 is 4.74 Å². The van der Waals surface area contributed by atoms with Gasteiger partial charge in [0.2, 0.25) is 5.88 Å². The number of methoxy groups -OCH3 is 1. The van der Waals surface area contributed by atoms with Gasteiger partial charge in [-0.2, -0.15) is 0 Å². The fourth-order valence-corrected chi connectivity index (χ4v) is 2.18. The Balaban J connectivity index is 2.34. The van der Waals surface area contributed by atoms with Crippen molar-refractivity contribution in [3.63, 3.8) is 0 Å². The van der Waals surface area contributed by atoms with Crippen LogP contribution in [0.25, 0.3) is 22.2 Å². The van der Waals surface area contributed by atoms with E-state index in [1.807, 2.05) is 31.2 Å². The zero-order valence-electron chi connectivity index (χ0n) is 10.8. The number of hydrogen-bond donors (Lipinski definition) is 0. The van der Waals surface area contributed by atoms with Crippen molar-refractivity contribution in [1.82, 2.24) is 15.0 Å². The number of aromatic nitrogens is 3. The Hall–Kier alpha value is -2.49. The summed E-state index contributed by atoms with van der Waals surface area (Å²) in [6, 6.07) is 8.04. The van der Waals surface area contributed by atoms with Gasteiger partial charge in [0.1, 0.15) is 5.69 Å². The van der Waals surface area contributed by atoms with E-state index in [2.05, 4.69) is 15.0 Å². The molecule has 0 spiro atoms. The lowest BCUT2D eigenvalue weighted by atomic mass is 10.0. The van der Waals surface area contributed by atoms with E-state index in [0.29, 0.717) is 5.88 Å². The summed E-state index contributed by atoms with van der Waals surface area (Å²) in [5.41, 5.74) is 3.84. The topological polar surface area (TPSA) is 47.9 Å². The number of nitrogens with zero attached hydrogens (tertiary/aromatic N) is 3. The SMILES string of the molecule is COc1nccnc1-c1ccc(C)c2ncccc12. The van der Waals surface area contributed by atoms with E-state index in [1.54, 1.807) is 25.7 Å². The molecular weight excluding hydrogens is 238 g/mol. The molecule has 1 aromatic carbocycles. The summed E-state index contributed by atoms with van der Waals surface area (Å²) in [7, 11) is 1.60. The molecule has 94 valence electrons. The minimum Gasteiger partial charge on any atom is -0.479 e. The zero-order valence-corrected chi connectivity index (χ0v) is 10.8. The van der Waals surface area contributed by atoms with Crippen molar-refractivity contribution in [3.05, 3.63) is 48.4 Å². The van der Waals surface area contributed by atoms with Crippen LogP contribution >= 0.6 is 0 Å². The van der Waals surface area contributed by atoms with Crippen LogP contribution in [0.2, 0.25) is 0 Å². The van der Waals surface area contributed by atoms with Gasteiger partial charge in [0.05, 0.1) is 12.6 Å². The molecule has 0 N–H and O–H groups in total. The van der Waals surface area contributed by atoms with E-state index in [0.717, 1.165) is 27.7 Å². The van der Waals surface area contributed by atoms with Crippen molar-refractivity contribution < 1.29 is 4.74 Å². The Morgan fingerprint density at radius 3 is 2.63 bits per heavy atom. The lowest BCUT2D eigenvalue weighted by molar-refractivity contribution is 0.398. The highest BCUT2D eigenvalue weighted by atomic mass is 16.5. The van der Waals surface area contributed by atoms with E-state index < -0.39 is 0 Å². The molecule has 4 nitrogen and oxygen atoms in total. The Bertz CT molecular complexity index is 740. The third-order valence-corrected chi connectivity index (χ3v) is 3.08. The summed E-state index contributed by atoms with van der Waals surface area (Å²) in [4.78, 5) is 13.0. The number of fused-ring (bicyclic) bond motifs is 1. The molecule has 0 fully saturated rings. The van der Waals surface area contributed by atoms with Crippen molar-refractivity contribution in [1.29, 1.82) is 0 Å². The highest BCUT2D eigenvalue weighted by Crippen LogP contribution is 2.32. The van der Waals surface area contributed by atoms with Crippen LogP contribution in [-0.2, 0) is 0 Å². The van der Waals surface area contributed by atoms with Gasteiger partial charge in [-0.1, -0.05) is 18.2 Å². The summed E-state index contributed by atoms with van der Waals surface area (Å²) < 4.78 is 5.28. The van der Waals surface area contributed by atoms with E-state index in [1.165, 1.54) is 0 Å². The lowest BCUT2D eigenvalue weighted by Crippen LogP contribution is -1.95. The number of ether oxygens (including phenoxy) is 1. The predicted octanol–water partition coefficient (Wildman–Crippen LogP) is 3.01. The summed E-state index contributed by atoms with van der Waals surface area (Å²) in [6.07, 6.45) is 5.09. The molecule has 2 heterocycles. The number of pyridine rings is 1. The Kier molecular flexibility index (Phi) is 2.83. The molecule has 0 aliphatic heterocycles. The normalized spacial score (nSPS) is 10.6. The molecule has 0 unspecified atom stereocenters. The van der Waals surface area contributed by atoms with Gasteiger partial charge in [0, 0.05) is 29.5 Å². The van der Waals surface area contributed by atoms with Gasteiger partial charge < -0.3 is 4.74 Å². The molecule has 0 radical (unpaired) electrons. The summed E-state index contributed by atoms with van der Waals surface area (Å²) in [5.74, 6) is 0.525. The first-order valence-corrected chi connectivity index (χ1v) is 6.01. The molecule has 2 aromatic heterocycles. The smallest absolute Gasteiger partial charge is 0.240 e. The van der Waals surface area contributed by atoms with Crippen LogP contribution in [0.4, 0.5) is 0 Å². The average molecular weight is 251 g/mol. The average Bonchev–Trinajstić information content (AvgIpc) is 2.48. The largest absolute Gasteiger partial charge is 0.479 e. The Labute approximate surface area is 111 Å². The third-order valence-electron chi connectivity index (χ3n) is 3.08. The molecule has 3 rings (SSSR count). The number of aryl methyl sites for hydroxylation is 1. The van der Waals surface area contributed by atoms with Gasteiger partial charge in [-0.05, 0) is 18.6 Å². The lowest BCUT2D eigenvalue weighted by Gasteiger charge is -2.10. The van der Waals surface area contributed by atoms with Crippen LogP contribution in [0.5, 0.6) is 5.88 Å². The Morgan fingerprint density at radius 1 is 0.947 bits per heavy atom. The highest BCUT2D eigenvalue weighted by Gasteiger charge is 2.12. The van der Waals surface area contributed by atoms with Gasteiger partial charge >= 0.3 is 0 Å². The predicted molar refractivity (Wildman–Crippen MR) is 74.1 cm³/mol. The van der Waals surface area contributed by atoms with Gasteiger partial charge in [0.25, 0.3) is 0 Å². The molecule has 0 aliphatic carbocycles. The number of benzene rings is 1. The molecule has 0 saturated heterocycles. The summed E-state index contributed by atoms with van der Waals surface area (Å²) in [5, 5.41) is 1.06. The van der Waals surface area contributed by atoms with Gasteiger partial charge in [-0.3, -0.25) is 4.98 Å². The molecule has 0 aliphatic rings. The number of rotatable bonds is 2. The van der Waals surface area contributed by atoms with Gasteiger partial charge in [-0.25, -0.2) is 9.97 Å². The van der Waals surface area contributed by atoms with Gasteiger partial charge in [-0.15, -0.1) is 0 Å². The quantitative estimate of drug-likeness (QED) is 0.702. The van der Waals surface area contributed by atoms with Crippen molar-refractivity contribution in [2.24, 2.45) is 0 Å². The molecule has 19 heavy (non-hydrogen) atoms. The van der Waals surface area contributed by atoms with Crippen molar-refractivity contribution in [3.8, 4) is 17.1 Å². The fraction of sp³-hybridized carbons (Fsp3) is 0.133. The van der Waals surface area contributed by atoms with E-state index in [-0.39, 0.29) is 0 Å². The highest BCUT2D eigenvalue weighted by molar-refractivity contribution is 5.96. The van der Waals surface area contributed by atoms with E-state index >= 15 is 0 Å². The second kappa shape index (κ2) is 4.65. The van der Waals surface area contributed by atoms with Crippen LogP contribution in [0.15, 0.2) is 42.9 Å². The fourth-order valence-electron chi connectivity index (χ4n) is 2.18. The molecule has 3 aromatic rings. The third kappa shape index (κ3) is 1.91. The van der Waals surface area contributed by atoms with E-state index in [9.17, 15) is 0 Å². The summed E-state index contributed by atoms with van der Waals surface area (Å²) >= 11 is 0. The minimum atomic E-state index is 0.525. The second-order valence-electron chi connectivity index (χ2n) is 4.24.